The molecule has 240 valence electrons. The number of carbonyl (C=O) groups excluding carboxylic acids is 2. The van der Waals surface area contributed by atoms with Gasteiger partial charge < -0.3 is 15.0 Å². The molecule has 3 N–H and O–H groups in total. The molecule has 4 aromatic rings. The van der Waals surface area contributed by atoms with Crippen LogP contribution in [0, 0.1) is 0 Å². The average Bonchev–Trinajstić information content (AvgIpc) is 3.35. The molecule has 3 aromatic carbocycles. The molecular weight excluding hydrogens is 586 g/mol. The van der Waals surface area contributed by atoms with Crippen molar-refractivity contribution in [2.45, 2.75) is 77.3 Å². The summed E-state index contributed by atoms with van der Waals surface area (Å²) in [6, 6.07) is 18.2. The summed E-state index contributed by atoms with van der Waals surface area (Å²) in [6.45, 7) is 14.5. The maximum Gasteiger partial charge on any atom is 0.418 e. The van der Waals surface area contributed by atoms with Crippen molar-refractivity contribution in [2.75, 3.05) is 19.4 Å². The number of nitrogens with one attached hydrogen (secondary N) is 1. The monoisotopic (exact) mass is 631 g/mol. The van der Waals surface area contributed by atoms with Crippen LogP contribution in [0.1, 0.15) is 77.0 Å². The van der Waals surface area contributed by atoms with Crippen LogP contribution < -0.4 is 10.5 Å². The SMILES string of the molecule is CC(C)c1cc(-c2ccc3c(ccn3C(=O)OC(C)(C)C)c2)cc(C(C)C)c1NC(=O)N=S(N)(=O)c1ccc(CN(C)C)cc1. The van der Waals surface area contributed by atoms with E-state index in [1.165, 1.54) is 4.57 Å². The molecule has 0 spiro atoms. The van der Waals surface area contributed by atoms with E-state index in [-0.39, 0.29) is 11.8 Å². The van der Waals surface area contributed by atoms with Crippen molar-refractivity contribution in [1.29, 1.82) is 0 Å². The fourth-order valence-corrected chi connectivity index (χ4v) is 6.09. The number of nitrogens with two attached hydrogens (primary N) is 1. The van der Waals surface area contributed by atoms with E-state index >= 15 is 0 Å². The Morgan fingerprint density at radius 3 is 2.07 bits per heavy atom. The van der Waals surface area contributed by atoms with Gasteiger partial charge in [-0.05, 0) is 117 Å². The number of benzene rings is 3. The van der Waals surface area contributed by atoms with Gasteiger partial charge in [0, 0.05) is 23.8 Å². The summed E-state index contributed by atoms with van der Waals surface area (Å²) < 4.78 is 24.3. The standard InChI is InChI=1S/C35H45N5O4S/c1-22(2)29-19-27(25-12-15-31-26(18-25)16-17-40(31)34(42)44-35(5,6)7)20-30(23(3)4)32(29)37-33(41)38-45(36,43)28-13-10-24(11-14-28)21-39(8)9/h10-20,22-23H,21H2,1-9H3,(H3,36,37,38,41,43). The topological polar surface area (TPSA) is 119 Å². The van der Waals surface area contributed by atoms with Crippen LogP contribution in [-0.2, 0) is 21.2 Å². The molecule has 1 unspecified atom stereocenters. The minimum absolute atomic E-state index is 0.0567. The zero-order valence-corrected chi connectivity index (χ0v) is 28.5. The quantitative estimate of drug-likeness (QED) is 0.213. The van der Waals surface area contributed by atoms with Crippen LogP contribution in [0.25, 0.3) is 22.0 Å². The lowest BCUT2D eigenvalue weighted by atomic mass is 9.88. The highest BCUT2D eigenvalue weighted by molar-refractivity contribution is 7.91. The number of ether oxygens (including phenoxy) is 1. The maximum atomic E-state index is 13.3. The molecule has 0 aliphatic rings. The van der Waals surface area contributed by atoms with Gasteiger partial charge in [-0.2, -0.15) is 0 Å². The third-order valence-electron chi connectivity index (χ3n) is 7.27. The number of hydrogen-bond acceptors (Lipinski definition) is 5. The Morgan fingerprint density at radius 1 is 0.933 bits per heavy atom. The van der Waals surface area contributed by atoms with E-state index < -0.39 is 27.6 Å². The molecule has 10 heteroatoms. The van der Waals surface area contributed by atoms with E-state index in [1.807, 2.05) is 76.2 Å². The van der Waals surface area contributed by atoms with E-state index in [0.717, 1.165) is 45.3 Å². The summed E-state index contributed by atoms with van der Waals surface area (Å²) in [5.41, 5.74) is 5.62. The molecule has 2 amide bonds. The molecular formula is C35H45N5O4S. The predicted molar refractivity (Wildman–Crippen MR) is 183 cm³/mol. The van der Waals surface area contributed by atoms with Gasteiger partial charge in [0.1, 0.15) is 15.5 Å². The minimum Gasteiger partial charge on any atom is -0.443 e. The van der Waals surface area contributed by atoms with Crippen LogP contribution in [0.5, 0.6) is 0 Å². The number of urea groups is 1. The van der Waals surface area contributed by atoms with Crippen LogP contribution in [0.4, 0.5) is 15.3 Å². The van der Waals surface area contributed by atoms with Crippen molar-refractivity contribution in [3.05, 3.63) is 83.6 Å². The van der Waals surface area contributed by atoms with Gasteiger partial charge in [-0.3, -0.25) is 4.57 Å². The van der Waals surface area contributed by atoms with Crippen molar-refractivity contribution in [3.8, 4) is 11.1 Å². The number of rotatable bonds is 7. The molecule has 45 heavy (non-hydrogen) atoms. The summed E-state index contributed by atoms with van der Waals surface area (Å²) in [6.07, 6.45) is 1.29. The van der Waals surface area contributed by atoms with Gasteiger partial charge in [0.2, 0.25) is 0 Å². The molecule has 0 fully saturated rings. The van der Waals surface area contributed by atoms with E-state index in [1.54, 1.807) is 18.3 Å². The van der Waals surface area contributed by atoms with Gasteiger partial charge in [-0.25, -0.2) is 18.9 Å². The number of aromatic nitrogens is 1. The van der Waals surface area contributed by atoms with Crippen LogP contribution >= 0.6 is 0 Å². The number of anilines is 1. The largest absolute Gasteiger partial charge is 0.443 e. The van der Waals surface area contributed by atoms with Gasteiger partial charge in [-0.1, -0.05) is 45.9 Å². The Bertz CT molecular complexity index is 1810. The Kier molecular flexibility index (Phi) is 9.91. The third kappa shape index (κ3) is 8.19. The highest BCUT2D eigenvalue weighted by Crippen LogP contribution is 2.38. The highest BCUT2D eigenvalue weighted by Gasteiger charge is 2.22. The smallest absolute Gasteiger partial charge is 0.418 e. The lowest BCUT2D eigenvalue weighted by Gasteiger charge is -2.22. The van der Waals surface area contributed by atoms with Gasteiger partial charge in [-0.15, -0.1) is 4.36 Å². The molecule has 1 heterocycles. The molecule has 9 nitrogen and oxygen atoms in total. The number of amides is 2. The van der Waals surface area contributed by atoms with Gasteiger partial charge in [0.15, 0.2) is 0 Å². The Hall–Kier alpha value is -3.99. The Morgan fingerprint density at radius 2 is 1.53 bits per heavy atom. The normalized spacial score (nSPS) is 13.4. The maximum absolute atomic E-state index is 13.3. The van der Waals surface area contributed by atoms with Crippen molar-refractivity contribution in [1.82, 2.24) is 9.47 Å². The number of hydrogen-bond donors (Lipinski definition) is 2. The average molecular weight is 632 g/mol. The fraction of sp³-hybridized carbons (Fsp3) is 0.371. The van der Waals surface area contributed by atoms with Gasteiger partial charge >= 0.3 is 12.1 Å². The molecule has 0 aliphatic heterocycles. The van der Waals surface area contributed by atoms with Crippen molar-refractivity contribution in [2.24, 2.45) is 9.50 Å². The first kappa shape index (κ1) is 33.9. The second-order valence-electron chi connectivity index (χ2n) is 13.3. The van der Waals surface area contributed by atoms with Gasteiger partial charge in [0.25, 0.3) is 0 Å². The molecule has 0 saturated heterocycles. The summed E-state index contributed by atoms with van der Waals surface area (Å²) in [4.78, 5) is 28.3. The third-order valence-corrected chi connectivity index (χ3v) is 8.65. The molecule has 0 radical (unpaired) electrons. The zero-order valence-electron chi connectivity index (χ0n) is 27.7. The number of fused-ring (bicyclic) bond motifs is 1. The summed E-state index contributed by atoms with van der Waals surface area (Å²) in [7, 11) is 0.469. The summed E-state index contributed by atoms with van der Waals surface area (Å²) in [5.74, 6) is 0.113. The lowest BCUT2D eigenvalue weighted by Crippen LogP contribution is -2.26. The first-order valence-corrected chi connectivity index (χ1v) is 16.6. The van der Waals surface area contributed by atoms with Crippen molar-refractivity contribution < 1.29 is 18.5 Å². The summed E-state index contributed by atoms with van der Waals surface area (Å²) in [5, 5.41) is 9.92. The fourth-order valence-electron chi connectivity index (χ4n) is 5.16. The van der Waals surface area contributed by atoms with E-state index in [0.29, 0.717) is 10.6 Å². The van der Waals surface area contributed by atoms with Crippen LogP contribution in [0.2, 0.25) is 0 Å². The first-order valence-electron chi connectivity index (χ1n) is 15.1. The van der Waals surface area contributed by atoms with E-state index in [9.17, 15) is 13.8 Å². The first-order chi connectivity index (χ1) is 20.9. The Balaban J connectivity index is 1.69. The molecule has 0 saturated carbocycles. The second-order valence-corrected chi connectivity index (χ2v) is 15.0. The molecule has 4 rings (SSSR count). The molecule has 1 aromatic heterocycles. The second kappa shape index (κ2) is 13.2. The molecule has 1 atom stereocenters. The highest BCUT2D eigenvalue weighted by atomic mass is 32.2. The minimum atomic E-state index is -3.46. The van der Waals surface area contributed by atoms with Crippen LogP contribution in [0.3, 0.4) is 0 Å². The van der Waals surface area contributed by atoms with Crippen LogP contribution in [0.15, 0.2) is 76.1 Å². The van der Waals surface area contributed by atoms with Crippen molar-refractivity contribution >= 4 is 38.6 Å². The Labute approximate surface area is 267 Å². The number of carbonyl (C=O) groups is 2. The number of nitrogens with zero attached hydrogens (tertiary/aromatic N) is 3. The van der Waals surface area contributed by atoms with Crippen LogP contribution in [-0.4, -0.2) is 45.5 Å². The van der Waals surface area contributed by atoms with E-state index in [2.05, 4.69) is 49.5 Å². The predicted octanol–water partition coefficient (Wildman–Crippen LogP) is 8.33. The van der Waals surface area contributed by atoms with Crippen molar-refractivity contribution in [3.63, 3.8) is 0 Å². The zero-order chi connectivity index (χ0) is 33.3. The van der Waals surface area contributed by atoms with Gasteiger partial charge in [0.05, 0.1) is 10.4 Å². The van der Waals surface area contributed by atoms with E-state index in [4.69, 9.17) is 9.88 Å². The summed E-state index contributed by atoms with van der Waals surface area (Å²) >= 11 is 0. The molecule has 0 aliphatic carbocycles. The molecule has 0 bridgehead atoms. The lowest BCUT2D eigenvalue weighted by molar-refractivity contribution is 0.0544.